The van der Waals surface area contributed by atoms with Crippen molar-refractivity contribution in [1.82, 2.24) is 25.4 Å². The third-order valence-corrected chi connectivity index (χ3v) is 11.2. The van der Waals surface area contributed by atoms with E-state index < -0.39 is 64.3 Å². The van der Waals surface area contributed by atoms with Crippen molar-refractivity contribution in [1.29, 1.82) is 0 Å². The van der Waals surface area contributed by atoms with E-state index in [1.54, 1.807) is 32.9 Å². The summed E-state index contributed by atoms with van der Waals surface area (Å²) >= 11 is 2.46. The standard InChI is InChI=1S/C37H36N6O8S3/c1-22-15-16-27(41-40-22)53-18-25-20-54(48)35-30(39-33(45)29(26-19-52-21-38-26)42-49-17-28(44)51-37(2,3)4)34(46)43(35)31(25)36(47)50-32(23-11-7-5-8-12-23)24-13-9-6-10-14-24/h5-16,19,21,30,32,35H,17-18,20H2,1-4H3,(H,39,45)/t30?,35-,54?/m1/s1. The van der Waals surface area contributed by atoms with Crippen LogP contribution in [0, 0.1) is 6.92 Å². The molecule has 0 saturated carbocycles. The number of hydrogen-bond acceptors (Lipinski definition) is 14. The van der Waals surface area contributed by atoms with Gasteiger partial charge in [0.15, 0.2) is 11.8 Å². The SMILES string of the molecule is Cc1ccc(SCC2=C(C(=O)OC(c3ccccc3)c3ccccc3)N3C(=O)C(NC(=O)C(=NOCC(=O)OC(C)(C)C)c4cscn4)[C@H]3S(=O)C2)nn1. The third kappa shape index (κ3) is 9.09. The summed E-state index contributed by atoms with van der Waals surface area (Å²) in [5.41, 5.74) is 3.05. The van der Waals surface area contributed by atoms with E-state index in [9.17, 15) is 23.4 Å². The fraction of sp³-hybridized carbons (Fsp3) is 0.297. The lowest BCUT2D eigenvalue weighted by atomic mass is 10.0. The molecule has 280 valence electrons. The minimum Gasteiger partial charge on any atom is -0.457 e. The van der Waals surface area contributed by atoms with Crippen molar-refractivity contribution in [3.05, 3.63) is 117 Å². The molecule has 2 unspecified atom stereocenters. The number of carbonyl (C=O) groups is 4. The summed E-state index contributed by atoms with van der Waals surface area (Å²) in [5.74, 6) is -2.94. The van der Waals surface area contributed by atoms with E-state index in [0.717, 1.165) is 10.6 Å². The number of ether oxygens (including phenoxy) is 2. The first-order valence-corrected chi connectivity index (χ1v) is 20.0. The van der Waals surface area contributed by atoms with Crippen molar-refractivity contribution in [3.63, 3.8) is 0 Å². The van der Waals surface area contributed by atoms with Crippen LogP contribution in [0.25, 0.3) is 0 Å². The van der Waals surface area contributed by atoms with E-state index in [1.165, 1.54) is 34.0 Å². The van der Waals surface area contributed by atoms with Gasteiger partial charge in [-0.15, -0.1) is 28.2 Å². The first-order valence-electron chi connectivity index (χ1n) is 16.7. The van der Waals surface area contributed by atoms with Gasteiger partial charge in [-0.2, -0.15) is 5.10 Å². The first kappa shape index (κ1) is 38.5. The summed E-state index contributed by atoms with van der Waals surface area (Å²) < 4.78 is 25.3. The quantitative estimate of drug-likeness (QED) is 0.0676. The van der Waals surface area contributed by atoms with E-state index in [0.29, 0.717) is 21.7 Å². The number of fused-ring (bicyclic) bond motifs is 1. The second kappa shape index (κ2) is 16.8. The molecule has 17 heteroatoms. The number of rotatable bonds is 13. The summed E-state index contributed by atoms with van der Waals surface area (Å²) in [6.07, 6.45) is -0.820. The topological polar surface area (TPSA) is 179 Å². The third-order valence-electron chi connectivity index (χ3n) is 7.93. The highest BCUT2D eigenvalue weighted by Crippen LogP contribution is 2.38. The minimum atomic E-state index is -1.75. The Hall–Kier alpha value is -5.26. The Labute approximate surface area is 321 Å². The molecule has 2 amide bonds. The molecule has 2 aromatic heterocycles. The van der Waals surface area contributed by atoms with Crippen molar-refractivity contribution in [2.24, 2.45) is 5.16 Å². The summed E-state index contributed by atoms with van der Waals surface area (Å²) in [5, 5.41) is 15.8. The number of hydrogen-bond donors (Lipinski definition) is 1. The van der Waals surface area contributed by atoms with Crippen LogP contribution < -0.4 is 5.32 Å². The van der Waals surface area contributed by atoms with Gasteiger partial charge in [0.1, 0.15) is 33.4 Å². The number of carbonyl (C=O) groups excluding carboxylic acids is 4. The van der Waals surface area contributed by atoms with Gasteiger partial charge in [-0.3, -0.25) is 18.7 Å². The van der Waals surface area contributed by atoms with E-state index in [4.69, 9.17) is 14.3 Å². The molecular formula is C37H36N6O8S3. The molecule has 3 atom stereocenters. The molecule has 0 bridgehead atoms. The Balaban J connectivity index is 1.27. The van der Waals surface area contributed by atoms with Crippen LogP contribution >= 0.6 is 23.1 Å². The van der Waals surface area contributed by atoms with Gasteiger partial charge in [0.05, 0.1) is 27.8 Å². The van der Waals surface area contributed by atoms with Crippen molar-refractivity contribution in [3.8, 4) is 0 Å². The van der Waals surface area contributed by atoms with Crippen LogP contribution in [0.2, 0.25) is 0 Å². The predicted molar refractivity (Wildman–Crippen MR) is 201 cm³/mol. The molecule has 1 N–H and O–H groups in total. The molecule has 0 aliphatic carbocycles. The Morgan fingerprint density at radius 3 is 2.31 bits per heavy atom. The van der Waals surface area contributed by atoms with Crippen molar-refractivity contribution in [2.45, 2.75) is 55.8 Å². The van der Waals surface area contributed by atoms with Crippen LogP contribution in [0.3, 0.4) is 0 Å². The second-order valence-corrected chi connectivity index (χ2v) is 16.4. The Kier molecular flexibility index (Phi) is 12.0. The maximum absolute atomic E-state index is 14.3. The van der Waals surface area contributed by atoms with Crippen LogP contribution in [-0.2, 0) is 44.3 Å². The van der Waals surface area contributed by atoms with E-state index >= 15 is 0 Å². The van der Waals surface area contributed by atoms with E-state index in [-0.39, 0.29) is 28.6 Å². The Morgan fingerprint density at radius 2 is 1.72 bits per heavy atom. The number of thioether (sulfide) groups is 1. The number of nitrogens with one attached hydrogen (secondary N) is 1. The number of amides is 2. The molecule has 14 nitrogen and oxygen atoms in total. The highest BCUT2D eigenvalue weighted by Gasteiger charge is 2.57. The zero-order valence-electron chi connectivity index (χ0n) is 29.7. The average molecular weight is 789 g/mol. The van der Waals surface area contributed by atoms with Crippen LogP contribution in [-0.4, -0.2) is 88.9 Å². The highest BCUT2D eigenvalue weighted by molar-refractivity contribution is 7.99. The molecule has 1 saturated heterocycles. The molecule has 54 heavy (non-hydrogen) atoms. The number of aromatic nitrogens is 3. The van der Waals surface area contributed by atoms with Crippen LogP contribution in [0.1, 0.15) is 49.4 Å². The van der Waals surface area contributed by atoms with Crippen molar-refractivity contribution >= 4 is 63.4 Å². The van der Waals surface area contributed by atoms with E-state index in [1.807, 2.05) is 67.6 Å². The normalized spacial score (nSPS) is 18.5. The number of thiazole rings is 1. The summed E-state index contributed by atoms with van der Waals surface area (Å²) in [7, 11) is -1.75. The van der Waals surface area contributed by atoms with Gasteiger partial charge in [0, 0.05) is 11.1 Å². The molecule has 6 rings (SSSR count). The molecule has 0 spiro atoms. The molecule has 4 aromatic rings. The van der Waals surface area contributed by atoms with Gasteiger partial charge in [0.2, 0.25) is 6.61 Å². The minimum absolute atomic E-state index is 0.0476. The van der Waals surface area contributed by atoms with Gasteiger partial charge in [-0.1, -0.05) is 65.8 Å². The lowest BCUT2D eigenvalue weighted by Gasteiger charge is -2.49. The number of benzene rings is 2. The zero-order chi connectivity index (χ0) is 38.4. The monoisotopic (exact) mass is 788 g/mol. The summed E-state index contributed by atoms with van der Waals surface area (Å²) in [6.45, 7) is 6.32. The molecule has 2 aliphatic rings. The number of β-lactam (4-membered cyclic amide) rings is 1. The van der Waals surface area contributed by atoms with Crippen LogP contribution in [0.15, 0.2) is 105 Å². The lowest BCUT2D eigenvalue weighted by molar-refractivity contribution is -0.160. The number of nitrogens with zero attached hydrogens (tertiary/aromatic N) is 5. The summed E-state index contributed by atoms with van der Waals surface area (Å²) in [4.78, 5) is 64.6. The fourth-order valence-corrected chi connectivity index (χ4v) is 8.76. The molecule has 4 heterocycles. The summed E-state index contributed by atoms with van der Waals surface area (Å²) in [6, 6.07) is 20.7. The predicted octanol–water partition coefficient (Wildman–Crippen LogP) is 4.10. The Bertz CT molecular complexity index is 2050. The molecule has 1 fully saturated rings. The van der Waals surface area contributed by atoms with Crippen molar-refractivity contribution < 1.29 is 37.7 Å². The van der Waals surface area contributed by atoms with E-state index in [2.05, 4.69) is 25.7 Å². The average Bonchev–Trinajstić information content (AvgIpc) is 3.69. The Morgan fingerprint density at radius 1 is 1.04 bits per heavy atom. The van der Waals surface area contributed by atoms with Crippen LogP contribution in [0.4, 0.5) is 0 Å². The van der Waals surface area contributed by atoms with Gasteiger partial charge in [-0.05, 0) is 56.5 Å². The molecular weight excluding hydrogens is 753 g/mol. The molecule has 2 aromatic carbocycles. The zero-order valence-corrected chi connectivity index (χ0v) is 32.1. The second-order valence-electron chi connectivity index (χ2n) is 13.1. The lowest BCUT2D eigenvalue weighted by Crippen LogP contribution is -2.74. The van der Waals surface area contributed by atoms with Gasteiger partial charge >= 0.3 is 11.9 Å². The molecule has 0 radical (unpaired) electrons. The number of esters is 2. The van der Waals surface area contributed by atoms with Crippen LogP contribution in [0.5, 0.6) is 0 Å². The maximum Gasteiger partial charge on any atom is 0.356 e. The largest absolute Gasteiger partial charge is 0.457 e. The van der Waals surface area contributed by atoms with Gasteiger partial charge in [0.25, 0.3) is 11.8 Å². The van der Waals surface area contributed by atoms with Crippen molar-refractivity contribution in [2.75, 3.05) is 18.1 Å². The number of aryl methyl sites for hydroxylation is 1. The maximum atomic E-state index is 14.3. The highest BCUT2D eigenvalue weighted by atomic mass is 32.2. The van der Waals surface area contributed by atoms with Gasteiger partial charge in [-0.25, -0.2) is 14.6 Å². The van der Waals surface area contributed by atoms with Gasteiger partial charge < -0.3 is 19.6 Å². The molecule has 2 aliphatic heterocycles. The first-order chi connectivity index (χ1) is 25.9. The smallest absolute Gasteiger partial charge is 0.356 e. The fourth-order valence-electron chi connectivity index (χ4n) is 5.59. The number of oxime groups is 1.